The van der Waals surface area contributed by atoms with Gasteiger partial charge in [-0.15, -0.1) is 0 Å². The van der Waals surface area contributed by atoms with Crippen LogP contribution in [0.2, 0.25) is 0 Å². The Kier molecular flexibility index (Phi) is 7.16. The summed E-state index contributed by atoms with van der Waals surface area (Å²) in [7, 11) is -7.55. The summed E-state index contributed by atoms with van der Waals surface area (Å²) >= 11 is 0. The van der Waals surface area contributed by atoms with Crippen LogP contribution >= 0.6 is 0 Å². The Hall–Kier alpha value is -1.74. The molecule has 0 aliphatic rings. The highest BCUT2D eigenvalue weighted by Gasteiger charge is 2.26. The van der Waals surface area contributed by atoms with Gasteiger partial charge in [0.25, 0.3) is 20.2 Å². The van der Waals surface area contributed by atoms with Gasteiger partial charge in [0, 0.05) is 5.41 Å². The molecule has 0 spiro atoms. The molecule has 2 rings (SSSR count). The van der Waals surface area contributed by atoms with E-state index in [0.29, 0.717) is 11.1 Å². The first-order valence-corrected chi connectivity index (χ1v) is 11.5. The van der Waals surface area contributed by atoms with Gasteiger partial charge in [-0.1, -0.05) is 74.5 Å². The van der Waals surface area contributed by atoms with Crippen LogP contribution in [0.15, 0.2) is 60.7 Å². The first-order chi connectivity index (χ1) is 12.6. The second kappa shape index (κ2) is 8.97. The number of hydrogen-bond acceptors (Lipinski definition) is 6. The van der Waals surface area contributed by atoms with Gasteiger partial charge in [0.1, 0.15) is 11.5 Å². The third kappa shape index (κ3) is 8.21. The van der Waals surface area contributed by atoms with Crippen molar-refractivity contribution in [1.29, 1.82) is 0 Å². The summed E-state index contributed by atoms with van der Waals surface area (Å²) in [6, 6.07) is 17.4. The van der Waals surface area contributed by atoms with Gasteiger partial charge in [-0.25, -0.2) is 0 Å². The first kappa shape index (κ1) is 21.6. The Balaban J connectivity index is 1.87. The molecule has 0 atom stereocenters. The standard InChI is InChI=1S/C19H24O6S2/c1-19(2,15-24-26(20,21)13-17-9-5-3-6-10-17)16-25-27(22,23)14-18-11-7-4-8-12-18/h3-12H,13-16H2,1-2H3. The minimum Gasteiger partial charge on any atom is -0.269 e. The molecule has 0 aromatic heterocycles. The zero-order chi connectivity index (χ0) is 20.0. The molecule has 0 amide bonds. The highest BCUT2D eigenvalue weighted by molar-refractivity contribution is 7.86. The van der Waals surface area contributed by atoms with Crippen molar-refractivity contribution in [2.24, 2.45) is 5.41 Å². The summed E-state index contributed by atoms with van der Waals surface area (Å²) in [5.41, 5.74) is 0.446. The van der Waals surface area contributed by atoms with Crippen molar-refractivity contribution in [3.8, 4) is 0 Å². The fourth-order valence-corrected chi connectivity index (χ4v) is 4.55. The SMILES string of the molecule is CC(C)(COS(=O)(=O)Cc1ccccc1)COS(=O)(=O)Cc1ccccc1. The maximum Gasteiger partial charge on any atom is 0.271 e. The van der Waals surface area contributed by atoms with E-state index >= 15 is 0 Å². The molecule has 0 fully saturated rings. The van der Waals surface area contributed by atoms with E-state index in [2.05, 4.69) is 0 Å². The zero-order valence-corrected chi connectivity index (χ0v) is 17.0. The maximum absolute atomic E-state index is 12.1. The highest BCUT2D eigenvalue weighted by atomic mass is 32.2. The summed E-state index contributed by atoms with van der Waals surface area (Å²) < 4.78 is 58.6. The molecule has 0 heterocycles. The number of benzene rings is 2. The average molecular weight is 413 g/mol. The van der Waals surface area contributed by atoms with Crippen LogP contribution in [0.3, 0.4) is 0 Å². The van der Waals surface area contributed by atoms with E-state index in [4.69, 9.17) is 8.37 Å². The Morgan fingerprint density at radius 2 is 1.00 bits per heavy atom. The lowest BCUT2D eigenvalue weighted by Crippen LogP contribution is -2.29. The maximum atomic E-state index is 12.1. The van der Waals surface area contributed by atoms with Gasteiger partial charge in [-0.2, -0.15) is 16.8 Å². The summed E-state index contributed by atoms with van der Waals surface area (Å²) in [4.78, 5) is 0. The van der Waals surface area contributed by atoms with Crippen LogP contribution in [0.4, 0.5) is 0 Å². The van der Waals surface area contributed by atoms with Crippen molar-refractivity contribution >= 4 is 20.2 Å². The van der Waals surface area contributed by atoms with Gasteiger partial charge in [-0.05, 0) is 11.1 Å². The van der Waals surface area contributed by atoms with Crippen LogP contribution in [0.5, 0.6) is 0 Å². The number of hydrogen-bond donors (Lipinski definition) is 0. The predicted molar refractivity (Wildman–Crippen MR) is 104 cm³/mol. The second-order valence-corrected chi connectivity index (χ2v) is 10.3. The molecule has 0 aliphatic carbocycles. The van der Waals surface area contributed by atoms with E-state index in [-0.39, 0.29) is 24.7 Å². The lowest BCUT2D eigenvalue weighted by molar-refractivity contribution is 0.117. The normalized spacial score (nSPS) is 12.8. The van der Waals surface area contributed by atoms with Gasteiger partial charge < -0.3 is 0 Å². The zero-order valence-electron chi connectivity index (χ0n) is 15.4. The van der Waals surface area contributed by atoms with Crippen molar-refractivity contribution in [3.63, 3.8) is 0 Å². The van der Waals surface area contributed by atoms with Crippen LogP contribution in [-0.2, 0) is 40.1 Å². The predicted octanol–water partition coefficient (Wildman–Crippen LogP) is 3.11. The van der Waals surface area contributed by atoms with E-state index in [1.807, 2.05) is 0 Å². The number of rotatable bonds is 10. The van der Waals surface area contributed by atoms with Gasteiger partial charge in [0.2, 0.25) is 0 Å². The topological polar surface area (TPSA) is 86.7 Å². The van der Waals surface area contributed by atoms with E-state index in [1.54, 1.807) is 74.5 Å². The van der Waals surface area contributed by atoms with E-state index in [0.717, 1.165) is 0 Å². The molecule has 0 unspecified atom stereocenters. The summed E-state index contributed by atoms with van der Waals surface area (Å²) in [6.07, 6.45) is 0. The molecule has 0 radical (unpaired) electrons. The van der Waals surface area contributed by atoms with Crippen molar-refractivity contribution < 1.29 is 25.2 Å². The lowest BCUT2D eigenvalue weighted by Gasteiger charge is -2.23. The van der Waals surface area contributed by atoms with Crippen LogP contribution in [0.25, 0.3) is 0 Å². The second-order valence-electron chi connectivity index (χ2n) is 7.06. The average Bonchev–Trinajstić information content (AvgIpc) is 2.60. The van der Waals surface area contributed by atoms with Crippen molar-refractivity contribution in [2.75, 3.05) is 13.2 Å². The van der Waals surface area contributed by atoms with Gasteiger partial charge in [0.15, 0.2) is 0 Å². The Bertz CT molecular complexity index is 843. The smallest absolute Gasteiger partial charge is 0.269 e. The molecule has 2 aromatic rings. The van der Waals surface area contributed by atoms with Crippen molar-refractivity contribution in [1.82, 2.24) is 0 Å². The quantitative estimate of drug-likeness (QED) is 0.557. The fourth-order valence-electron chi connectivity index (χ4n) is 2.18. The van der Waals surface area contributed by atoms with Gasteiger partial charge >= 0.3 is 0 Å². The summed E-state index contributed by atoms with van der Waals surface area (Å²) in [5.74, 6) is -0.478. The lowest BCUT2D eigenvalue weighted by atomic mass is 9.97. The van der Waals surface area contributed by atoms with Crippen LogP contribution in [0.1, 0.15) is 25.0 Å². The third-order valence-electron chi connectivity index (χ3n) is 3.63. The van der Waals surface area contributed by atoms with Crippen LogP contribution in [-0.4, -0.2) is 30.0 Å². The molecular weight excluding hydrogens is 388 g/mol. The van der Waals surface area contributed by atoms with Crippen molar-refractivity contribution in [3.05, 3.63) is 71.8 Å². The molecule has 0 aliphatic heterocycles. The molecule has 27 heavy (non-hydrogen) atoms. The Labute approximate surface area is 161 Å². The molecular formula is C19H24O6S2. The van der Waals surface area contributed by atoms with Crippen molar-refractivity contribution in [2.45, 2.75) is 25.4 Å². The highest BCUT2D eigenvalue weighted by Crippen LogP contribution is 2.20. The van der Waals surface area contributed by atoms with Gasteiger partial charge in [0.05, 0.1) is 13.2 Å². The Morgan fingerprint density at radius 3 is 1.33 bits per heavy atom. The molecule has 0 saturated carbocycles. The Morgan fingerprint density at radius 1 is 0.667 bits per heavy atom. The minimum absolute atomic E-state index is 0.178. The largest absolute Gasteiger partial charge is 0.271 e. The minimum atomic E-state index is -3.78. The molecule has 0 saturated heterocycles. The molecule has 0 N–H and O–H groups in total. The first-order valence-electron chi connectivity index (χ1n) is 8.39. The van der Waals surface area contributed by atoms with Gasteiger partial charge in [-0.3, -0.25) is 8.37 Å². The molecule has 2 aromatic carbocycles. The molecule has 6 nitrogen and oxygen atoms in total. The van der Waals surface area contributed by atoms with E-state index in [9.17, 15) is 16.8 Å². The fraction of sp³-hybridized carbons (Fsp3) is 0.368. The monoisotopic (exact) mass is 412 g/mol. The molecule has 0 bridgehead atoms. The molecule has 8 heteroatoms. The van der Waals surface area contributed by atoms with E-state index < -0.39 is 25.7 Å². The van der Waals surface area contributed by atoms with Crippen LogP contribution in [0, 0.1) is 5.41 Å². The summed E-state index contributed by atoms with van der Waals surface area (Å²) in [6.45, 7) is 3.01. The van der Waals surface area contributed by atoms with Crippen LogP contribution < -0.4 is 0 Å². The molecule has 148 valence electrons. The van der Waals surface area contributed by atoms with E-state index in [1.165, 1.54) is 0 Å². The third-order valence-corrected chi connectivity index (χ3v) is 5.96. The summed E-state index contributed by atoms with van der Waals surface area (Å²) in [5, 5.41) is 0.